The number of fused-ring (bicyclic) bond motifs is 2. The molecule has 4 aromatic rings. The van der Waals surface area contributed by atoms with Gasteiger partial charge in [0, 0.05) is 49.0 Å². The first kappa shape index (κ1) is 21.2. The zero-order chi connectivity index (χ0) is 22.6. The fraction of sp³-hybridized carbons (Fsp3) is 0.296. The van der Waals surface area contributed by atoms with Gasteiger partial charge in [-0.15, -0.1) is 0 Å². The molecular formula is C27H29N5O. The highest BCUT2D eigenvalue weighted by molar-refractivity contribution is 5.96. The molecule has 0 aliphatic heterocycles. The summed E-state index contributed by atoms with van der Waals surface area (Å²) in [6.45, 7) is 3.53. The van der Waals surface area contributed by atoms with Crippen LogP contribution < -0.4 is 10.6 Å². The Labute approximate surface area is 194 Å². The number of amides is 1. The molecule has 3 aromatic heterocycles. The lowest BCUT2D eigenvalue weighted by atomic mass is 9.89. The van der Waals surface area contributed by atoms with Crippen molar-refractivity contribution in [1.82, 2.24) is 19.9 Å². The number of carbonyl (C=O) groups is 1. The summed E-state index contributed by atoms with van der Waals surface area (Å²) in [6.07, 6.45) is 11.7. The minimum absolute atomic E-state index is 0.0858. The van der Waals surface area contributed by atoms with Crippen LogP contribution in [-0.4, -0.2) is 27.0 Å². The maximum absolute atomic E-state index is 12.6. The Morgan fingerprint density at radius 3 is 2.88 bits per heavy atom. The van der Waals surface area contributed by atoms with Crippen molar-refractivity contribution in [3.63, 3.8) is 0 Å². The molecule has 1 unspecified atom stereocenters. The van der Waals surface area contributed by atoms with Crippen molar-refractivity contribution in [3.8, 4) is 0 Å². The van der Waals surface area contributed by atoms with Gasteiger partial charge < -0.3 is 15.2 Å². The van der Waals surface area contributed by atoms with Crippen LogP contribution in [0.15, 0.2) is 67.3 Å². The molecule has 0 radical (unpaired) electrons. The summed E-state index contributed by atoms with van der Waals surface area (Å²) >= 11 is 0. The van der Waals surface area contributed by atoms with E-state index in [1.807, 2.05) is 30.7 Å². The number of hydrogen-bond acceptors (Lipinski definition) is 4. The number of pyridine rings is 2. The SMILES string of the molecule is CCn1ccc2cc(C(=O)NCCc3ccc(NC4CCCc5cnccc54)cc3)cnc21. The molecule has 0 saturated heterocycles. The number of aromatic nitrogens is 3. The van der Waals surface area contributed by atoms with E-state index < -0.39 is 0 Å². The van der Waals surface area contributed by atoms with Gasteiger partial charge >= 0.3 is 0 Å². The monoisotopic (exact) mass is 439 g/mol. The minimum Gasteiger partial charge on any atom is -0.378 e. The first-order chi connectivity index (χ1) is 16.2. The minimum atomic E-state index is -0.0858. The Kier molecular flexibility index (Phi) is 6.07. The van der Waals surface area contributed by atoms with Crippen LogP contribution >= 0.6 is 0 Å². The topological polar surface area (TPSA) is 71.8 Å². The maximum atomic E-state index is 12.6. The molecule has 33 heavy (non-hydrogen) atoms. The lowest BCUT2D eigenvalue weighted by molar-refractivity contribution is 0.0954. The largest absolute Gasteiger partial charge is 0.378 e. The Morgan fingerprint density at radius 1 is 1.15 bits per heavy atom. The average molecular weight is 440 g/mol. The molecular weight excluding hydrogens is 410 g/mol. The van der Waals surface area contributed by atoms with Crippen LogP contribution in [0.25, 0.3) is 11.0 Å². The Balaban J connectivity index is 1.15. The van der Waals surface area contributed by atoms with Crippen LogP contribution in [0.1, 0.15) is 52.9 Å². The Hall–Kier alpha value is -3.67. The predicted molar refractivity (Wildman–Crippen MR) is 131 cm³/mol. The van der Waals surface area contributed by atoms with E-state index in [0.29, 0.717) is 18.2 Å². The van der Waals surface area contributed by atoms with Crippen molar-refractivity contribution in [2.75, 3.05) is 11.9 Å². The Morgan fingerprint density at radius 2 is 2.03 bits per heavy atom. The highest BCUT2D eigenvalue weighted by Crippen LogP contribution is 2.31. The standard InChI is InChI=1S/C27H29N5O/c1-2-32-15-12-20-16-22(18-30-26(20)32)27(33)29-14-10-19-6-8-23(9-7-19)31-25-5-3-4-21-17-28-13-11-24(21)25/h6-9,11-13,15-18,25,31H,2-5,10,14H2,1H3,(H,29,33). The van der Waals surface area contributed by atoms with Crippen LogP contribution in [0.5, 0.6) is 0 Å². The van der Waals surface area contributed by atoms with E-state index in [2.05, 4.69) is 62.4 Å². The smallest absolute Gasteiger partial charge is 0.252 e. The third kappa shape index (κ3) is 4.60. The highest BCUT2D eigenvalue weighted by Gasteiger charge is 2.19. The number of anilines is 1. The van der Waals surface area contributed by atoms with Crippen LogP contribution in [-0.2, 0) is 19.4 Å². The van der Waals surface area contributed by atoms with E-state index in [-0.39, 0.29) is 5.91 Å². The molecule has 5 rings (SSSR count). The van der Waals surface area contributed by atoms with Crippen LogP contribution in [0, 0.1) is 0 Å². The predicted octanol–water partition coefficient (Wildman–Crippen LogP) is 4.91. The molecule has 6 nitrogen and oxygen atoms in total. The molecule has 6 heteroatoms. The molecule has 1 amide bonds. The second-order valence-corrected chi connectivity index (χ2v) is 8.61. The second-order valence-electron chi connectivity index (χ2n) is 8.61. The van der Waals surface area contributed by atoms with Crippen LogP contribution in [0.3, 0.4) is 0 Å². The molecule has 0 fully saturated rings. The third-order valence-electron chi connectivity index (χ3n) is 6.45. The van der Waals surface area contributed by atoms with Crippen molar-refractivity contribution in [2.24, 2.45) is 0 Å². The van der Waals surface area contributed by atoms with Crippen molar-refractivity contribution in [3.05, 3.63) is 89.5 Å². The maximum Gasteiger partial charge on any atom is 0.252 e. The molecule has 1 aliphatic carbocycles. The van der Waals surface area contributed by atoms with E-state index in [4.69, 9.17) is 0 Å². The molecule has 3 heterocycles. The number of benzene rings is 1. The zero-order valence-corrected chi connectivity index (χ0v) is 18.9. The van der Waals surface area contributed by atoms with Gasteiger partial charge in [-0.3, -0.25) is 9.78 Å². The van der Waals surface area contributed by atoms with Gasteiger partial charge in [0.15, 0.2) is 0 Å². The summed E-state index contributed by atoms with van der Waals surface area (Å²) in [4.78, 5) is 21.3. The fourth-order valence-corrected chi connectivity index (χ4v) is 4.64. The first-order valence-electron chi connectivity index (χ1n) is 11.7. The average Bonchev–Trinajstić information content (AvgIpc) is 3.28. The normalized spacial score (nSPS) is 15.2. The number of nitrogens with one attached hydrogen (secondary N) is 2. The van der Waals surface area contributed by atoms with Gasteiger partial charge in [-0.1, -0.05) is 12.1 Å². The number of carbonyl (C=O) groups excluding carboxylic acids is 1. The zero-order valence-electron chi connectivity index (χ0n) is 18.9. The van der Waals surface area contributed by atoms with Gasteiger partial charge in [0.1, 0.15) is 5.65 Å². The van der Waals surface area contributed by atoms with E-state index in [9.17, 15) is 4.79 Å². The van der Waals surface area contributed by atoms with E-state index in [1.165, 1.54) is 23.1 Å². The van der Waals surface area contributed by atoms with Crippen molar-refractivity contribution >= 4 is 22.6 Å². The van der Waals surface area contributed by atoms with Crippen LogP contribution in [0.2, 0.25) is 0 Å². The van der Waals surface area contributed by atoms with Crippen molar-refractivity contribution < 1.29 is 4.79 Å². The third-order valence-corrected chi connectivity index (χ3v) is 6.45. The van der Waals surface area contributed by atoms with Gasteiger partial charge in [-0.25, -0.2) is 4.98 Å². The van der Waals surface area contributed by atoms with Gasteiger partial charge in [0.2, 0.25) is 0 Å². The fourth-order valence-electron chi connectivity index (χ4n) is 4.64. The lowest BCUT2D eigenvalue weighted by Crippen LogP contribution is -2.25. The highest BCUT2D eigenvalue weighted by atomic mass is 16.1. The number of nitrogens with zero attached hydrogens (tertiary/aromatic N) is 3. The van der Waals surface area contributed by atoms with Gasteiger partial charge in [0.25, 0.3) is 5.91 Å². The molecule has 1 atom stereocenters. The van der Waals surface area contributed by atoms with E-state index >= 15 is 0 Å². The van der Waals surface area contributed by atoms with Gasteiger partial charge in [-0.2, -0.15) is 0 Å². The molecule has 1 aliphatic rings. The number of rotatable bonds is 7. The van der Waals surface area contributed by atoms with E-state index in [0.717, 1.165) is 42.5 Å². The molecule has 0 spiro atoms. The summed E-state index contributed by atoms with van der Waals surface area (Å²) in [5, 5.41) is 7.68. The molecule has 168 valence electrons. The van der Waals surface area contributed by atoms with Gasteiger partial charge in [0.05, 0.1) is 11.6 Å². The quantitative estimate of drug-likeness (QED) is 0.429. The molecule has 1 aromatic carbocycles. The molecule has 0 saturated carbocycles. The van der Waals surface area contributed by atoms with Gasteiger partial charge in [-0.05, 0) is 79.6 Å². The summed E-state index contributed by atoms with van der Waals surface area (Å²) in [5.74, 6) is -0.0858. The second kappa shape index (κ2) is 9.45. The summed E-state index contributed by atoms with van der Waals surface area (Å²) < 4.78 is 2.07. The molecule has 0 bridgehead atoms. The number of aryl methyl sites for hydroxylation is 2. The van der Waals surface area contributed by atoms with Crippen molar-refractivity contribution in [2.45, 2.75) is 45.2 Å². The van der Waals surface area contributed by atoms with Crippen LogP contribution in [0.4, 0.5) is 5.69 Å². The molecule has 2 N–H and O–H groups in total. The summed E-state index contributed by atoms with van der Waals surface area (Å²) in [5.41, 5.74) is 6.54. The van der Waals surface area contributed by atoms with E-state index in [1.54, 1.807) is 6.20 Å². The summed E-state index contributed by atoms with van der Waals surface area (Å²) in [7, 11) is 0. The Bertz CT molecular complexity index is 1260. The summed E-state index contributed by atoms with van der Waals surface area (Å²) in [6, 6.07) is 14.9. The first-order valence-corrected chi connectivity index (χ1v) is 11.7. The number of hydrogen-bond donors (Lipinski definition) is 2. The lowest BCUT2D eigenvalue weighted by Gasteiger charge is -2.27. The van der Waals surface area contributed by atoms with Crippen molar-refractivity contribution in [1.29, 1.82) is 0 Å².